The Morgan fingerprint density at radius 3 is 3.21 bits per heavy atom. The number of amides is 1. The molecule has 1 fully saturated rings. The molecule has 1 amide bonds. The first-order chi connectivity index (χ1) is 6.81. The molecule has 2 heterocycles. The minimum absolute atomic E-state index is 0.104. The van der Waals surface area contributed by atoms with Gasteiger partial charge in [-0.1, -0.05) is 6.08 Å². The molecule has 2 atom stereocenters. The molecule has 1 saturated heterocycles. The van der Waals surface area contributed by atoms with Crippen LogP contribution in [-0.4, -0.2) is 25.1 Å². The molecule has 4 heteroatoms. The molecule has 4 nitrogen and oxygen atoms in total. The number of fused-ring (bicyclic) bond motifs is 2. The van der Waals surface area contributed by atoms with Gasteiger partial charge in [0.15, 0.2) is 0 Å². The zero-order chi connectivity index (χ0) is 9.97. The second kappa shape index (κ2) is 4.11. The Morgan fingerprint density at radius 1 is 1.57 bits per heavy atom. The lowest BCUT2D eigenvalue weighted by atomic mass is 9.99. The summed E-state index contributed by atoms with van der Waals surface area (Å²) in [7, 11) is 1.46. The van der Waals surface area contributed by atoms with E-state index in [9.17, 15) is 4.79 Å². The number of hydrogen-bond acceptors (Lipinski definition) is 3. The Balaban J connectivity index is 2.08. The summed E-state index contributed by atoms with van der Waals surface area (Å²) in [5.74, 6) is -0.104. The van der Waals surface area contributed by atoms with Gasteiger partial charge in [0, 0.05) is 17.7 Å². The van der Waals surface area contributed by atoms with Gasteiger partial charge in [-0.15, -0.1) is 0 Å². The van der Waals surface area contributed by atoms with Crippen molar-refractivity contribution in [2.75, 3.05) is 7.11 Å². The number of nitrogens with one attached hydrogen (secondary N) is 2. The normalized spacial score (nSPS) is 30.8. The van der Waals surface area contributed by atoms with Crippen LogP contribution in [0.5, 0.6) is 0 Å². The van der Waals surface area contributed by atoms with Gasteiger partial charge < -0.3 is 5.32 Å². The number of hydrogen-bond donors (Lipinski definition) is 2. The van der Waals surface area contributed by atoms with Gasteiger partial charge in [-0.25, -0.2) is 5.48 Å². The van der Waals surface area contributed by atoms with Crippen LogP contribution in [0.2, 0.25) is 0 Å². The third-order valence-corrected chi connectivity index (χ3v) is 2.95. The fraction of sp³-hybridized carbons (Fsp3) is 0.700. The van der Waals surface area contributed by atoms with Gasteiger partial charge in [0.05, 0.1) is 7.11 Å². The van der Waals surface area contributed by atoms with Crippen LogP contribution in [0.25, 0.3) is 0 Å². The van der Waals surface area contributed by atoms with Crippen LogP contribution in [0.1, 0.15) is 25.7 Å². The largest absolute Gasteiger partial charge is 0.307 e. The van der Waals surface area contributed by atoms with E-state index >= 15 is 0 Å². The number of allylic oxidation sites excluding steroid dienone is 1. The molecule has 0 aromatic carbocycles. The highest BCUT2D eigenvalue weighted by molar-refractivity contribution is 5.94. The molecule has 2 aliphatic heterocycles. The van der Waals surface area contributed by atoms with E-state index in [1.807, 2.05) is 6.08 Å². The standard InChI is InChI=1S/C10H16N2O2/c1-14-12-10(13)8-4-2-3-7-5-6-9(8)11-7/h4,7,9,11H,2-3,5-6H2,1H3,(H,12,13)/t7-,9+/m0/s1. The Hall–Kier alpha value is -0.870. The first-order valence-corrected chi connectivity index (χ1v) is 5.10. The second-order valence-corrected chi connectivity index (χ2v) is 3.87. The molecule has 2 N–H and O–H groups in total. The molecule has 2 bridgehead atoms. The number of hydroxylamine groups is 1. The quantitative estimate of drug-likeness (QED) is 0.632. The summed E-state index contributed by atoms with van der Waals surface area (Å²) in [6, 6.07) is 0.835. The lowest BCUT2D eigenvalue weighted by Crippen LogP contribution is -2.35. The van der Waals surface area contributed by atoms with E-state index in [0.29, 0.717) is 6.04 Å². The van der Waals surface area contributed by atoms with E-state index in [-0.39, 0.29) is 11.9 Å². The Labute approximate surface area is 83.7 Å². The maximum Gasteiger partial charge on any atom is 0.272 e. The monoisotopic (exact) mass is 196 g/mol. The van der Waals surface area contributed by atoms with Gasteiger partial charge >= 0.3 is 0 Å². The average Bonchev–Trinajstić information content (AvgIpc) is 2.47. The zero-order valence-corrected chi connectivity index (χ0v) is 8.38. The minimum Gasteiger partial charge on any atom is -0.307 e. The summed E-state index contributed by atoms with van der Waals surface area (Å²) in [6.07, 6.45) is 6.40. The van der Waals surface area contributed by atoms with Crippen molar-refractivity contribution in [3.05, 3.63) is 11.6 Å². The summed E-state index contributed by atoms with van der Waals surface area (Å²) in [4.78, 5) is 16.2. The molecule has 0 saturated carbocycles. The minimum atomic E-state index is -0.104. The summed E-state index contributed by atoms with van der Waals surface area (Å²) in [5, 5.41) is 3.46. The van der Waals surface area contributed by atoms with Gasteiger partial charge in [-0.2, -0.15) is 0 Å². The van der Waals surface area contributed by atoms with Crippen molar-refractivity contribution < 1.29 is 9.63 Å². The molecule has 2 rings (SSSR count). The van der Waals surface area contributed by atoms with E-state index in [1.54, 1.807) is 0 Å². The van der Waals surface area contributed by atoms with Crippen molar-refractivity contribution in [1.82, 2.24) is 10.8 Å². The summed E-state index contributed by atoms with van der Waals surface area (Å²) in [6.45, 7) is 0. The van der Waals surface area contributed by atoms with Crippen LogP contribution in [0.15, 0.2) is 11.6 Å². The van der Waals surface area contributed by atoms with Crippen LogP contribution in [-0.2, 0) is 9.63 Å². The first kappa shape index (κ1) is 9.68. The number of carbonyl (C=O) groups excluding carboxylic acids is 1. The SMILES string of the molecule is CONC(=O)C1=CCC[C@H]2CC[C@H]1N2. The Bertz CT molecular complexity index is 263. The van der Waals surface area contributed by atoms with Crippen molar-refractivity contribution in [2.24, 2.45) is 0 Å². The van der Waals surface area contributed by atoms with Gasteiger partial charge in [0.1, 0.15) is 0 Å². The van der Waals surface area contributed by atoms with Crippen molar-refractivity contribution in [3.63, 3.8) is 0 Å². The van der Waals surface area contributed by atoms with Gasteiger partial charge in [-0.3, -0.25) is 9.63 Å². The lowest BCUT2D eigenvalue weighted by molar-refractivity contribution is -0.127. The molecule has 2 aliphatic rings. The molecule has 14 heavy (non-hydrogen) atoms. The molecule has 0 radical (unpaired) electrons. The molecular formula is C10H16N2O2. The van der Waals surface area contributed by atoms with E-state index in [0.717, 1.165) is 24.8 Å². The highest BCUT2D eigenvalue weighted by Crippen LogP contribution is 2.25. The maximum atomic E-state index is 11.6. The Morgan fingerprint density at radius 2 is 2.43 bits per heavy atom. The number of rotatable bonds is 2. The van der Waals surface area contributed by atoms with E-state index in [2.05, 4.69) is 15.6 Å². The van der Waals surface area contributed by atoms with Crippen molar-refractivity contribution in [2.45, 2.75) is 37.8 Å². The first-order valence-electron chi connectivity index (χ1n) is 5.10. The smallest absolute Gasteiger partial charge is 0.272 e. The van der Waals surface area contributed by atoms with Crippen LogP contribution in [0.4, 0.5) is 0 Å². The van der Waals surface area contributed by atoms with Gasteiger partial charge in [0.2, 0.25) is 0 Å². The molecule has 0 aromatic rings. The summed E-state index contributed by atoms with van der Waals surface area (Å²) < 4.78 is 0. The topological polar surface area (TPSA) is 50.4 Å². The third-order valence-electron chi connectivity index (χ3n) is 2.95. The highest BCUT2D eigenvalue weighted by atomic mass is 16.6. The molecule has 0 spiro atoms. The van der Waals surface area contributed by atoms with Crippen LogP contribution in [0.3, 0.4) is 0 Å². The van der Waals surface area contributed by atoms with E-state index in [1.165, 1.54) is 13.5 Å². The van der Waals surface area contributed by atoms with Gasteiger partial charge in [-0.05, 0) is 25.7 Å². The van der Waals surface area contributed by atoms with Crippen LogP contribution < -0.4 is 10.8 Å². The Kier molecular flexibility index (Phi) is 2.84. The van der Waals surface area contributed by atoms with Crippen LogP contribution >= 0.6 is 0 Å². The maximum absolute atomic E-state index is 11.6. The predicted octanol–water partition coefficient (Wildman–Crippen LogP) is 0.505. The molecule has 0 unspecified atom stereocenters. The average molecular weight is 196 g/mol. The van der Waals surface area contributed by atoms with Crippen molar-refractivity contribution in [3.8, 4) is 0 Å². The fourth-order valence-electron chi connectivity index (χ4n) is 2.28. The predicted molar refractivity (Wildman–Crippen MR) is 52.4 cm³/mol. The van der Waals surface area contributed by atoms with E-state index in [4.69, 9.17) is 0 Å². The summed E-state index contributed by atoms with van der Waals surface area (Å²) >= 11 is 0. The molecule has 0 aromatic heterocycles. The molecular weight excluding hydrogens is 180 g/mol. The highest BCUT2D eigenvalue weighted by Gasteiger charge is 2.31. The van der Waals surface area contributed by atoms with Crippen molar-refractivity contribution in [1.29, 1.82) is 0 Å². The number of carbonyl (C=O) groups is 1. The fourth-order valence-corrected chi connectivity index (χ4v) is 2.28. The zero-order valence-electron chi connectivity index (χ0n) is 8.38. The molecule has 78 valence electrons. The summed E-state index contributed by atoms with van der Waals surface area (Å²) in [5.41, 5.74) is 3.22. The van der Waals surface area contributed by atoms with Crippen LogP contribution in [0, 0.1) is 0 Å². The lowest BCUT2D eigenvalue weighted by Gasteiger charge is -2.13. The van der Waals surface area contributed by atoms with Gasteiger partial charge in [0.25, 0.3) is 5.91 Å². The second-order valence-electron chi connectivity index (χ2n) is 3.87. The third kappa shape index (κ3) is 1.81. The van der Waals surface area contributed by atoms with Crippen molar-refractivity contribution >= 4 is 5.91 Å². The molecule has 0 aliphatic carbocycles. The van der Waals surface area contributed by atoms with E-state index < -0.39 is 0 Å².